The van der Waals surface area contributed by atoms with Crippen LogP contribution >= 0.6 is 11.3 Å². The van der Waals surface area contributed by atoms with Crippen LogP contribution in [0, 0.1) is 6.92 Å². The van der Waals surface area contributed by atoms with E-state index >= 15 is 0 Å². The van der Waals surface area contributed by atoms with Crippen LogP contribution in [0.15, 0.2) is 66.2 Å². The number of carbonyl (C=O) groups excluding carboxylic acids is 1. The maximum Gasteiger partial charge on any atom is 0.230 e. The van der Waals surface area contributed by atoms with Gasteiger partial charge in [0.2, 0.25) is 5.91 Å². The van der Waals surface area contributed by atoms with Gasteiger partial charge in [0, 0.05) is 10.8 Å². The number of amides is 1. The van der Waals surface area contributed by atoms with Crippen LogP contribution in [0.3, 0.4) is 0 Å². The van der Waals surface area contributed by atoms with E-state index in [4.69, 9.17) is 4.74 Å². The smallest absolute Gasteiger partial charge is 0.230 e. The highest BCUT2D eigenvalue weighted by Crippen LogP contribution is 2.18. The van der Waals surface area contributed by atoms with Crippen LogP contribution < -0.4 is 10.1 Å². The summed E-state index contributed by atoms with van der Waals surface area (Å²) in [6.07, 6.45) is 1.88. The summed E-state index contributed by atoms with van der Waals surface area (Å²) in [7, 11) is 0. The van der Waals surface area contributed by atoms with Gasteiger partial charge >= 0.3 is 0 Å². The van der Waals surface area contributed by atoms with Crippen LogP contribution in [-0.4, -0.2) is 15.9 Å². The number of para-hydroxylation sites is 1. The fourth-order valence-corrected chi connectivity index (χ4v) is 3.49. The molecule has 0 unspecified atom stereocenters. The van der Waals surface area contributed by atoms with Gasteiger partial charge in [0.15, 0.2) is 0 Å². The predicted octanol–water partition coefficient (Wildman–Crippen LogP) is 4.76. The molecule has 5 nitrogen and oxygen atoms in total. The van der Waals surface area contributed by atoms with Crippen molar-refractivity contribution in [3.8, 4) is 5.75 Å². The Bertz CT molecular complexity index is 1110. The van der Waals surface area contributed by atoms with Gasteiger partial charge in [-0.05, 0) is 31.2 Å². The lowest BCUT2D eigenvalue weighted by Gasteiger charge is -2.05. The van der Waals surface area contributed by atoms with Gasteiger partial charge in [-0.25, -0.2) is 4.98 Å². The fourth-order valence-electron chi connectivity index (χ4n) is 2.79. The molecule has 0 saturated carbocycles. The zero-order valence-electron chi connectivity index (χ0n) is 15.4. The first-order valence-electron chi connectivity index (χ1n) is 8.93. The number of fused-ring (bicyclic) bond motifs is 1. The summed E-state index contributed by atoms with van der Waals surface area (Å²) >= 11 is 1.49. The molecule has 0 radical (unpaired) electrons. The van der Waals surface area contributed by atoms with Crippen LogP contribution in [-0.2, 0) is 17.8 Å². The van der Waals surface area contributed by atoms with Gasteiger partial charge in [-0.15, -0.1) is 11.3 Å². The van der Waals surface area contributed by atoms with Crippen molar-refractivity contribution >= 4 is 33.8 Å². The minimum atomic E-state index is -0.117. The van der Waals surface area contributed by atoms with Crippen molar-refractivity contribution in [2.24, 2.45) is 0 Å². The van der Waals surface area contributed by atoms with Crippen LogP contribution in [0.5, 0.6) is 5.75 Å². The highest BCUT2D eigenvalue weighted by Gasteiger charge is 2.09. The van der Waals surface area contributed by atoms with Crippen molar-refractivity contribution in [1.29, 1.82) is 0 Å². The maximum absolute atomic E-state index is 12.3. The number of anilines is 1. The molecule has 0 aliphatic heterocycles. The maximum atomic E-state index is 12.3. The third-order valence-electron chi connectivity index (χ3n) is 4.20. The van der Waals surface area contributed by atoms with Crippen LogP contribution in [0.25, 0.3) is 10.9 Å². The monoisotopic (exact) mass is 389 g/mol. The summed E-state index contributed by atoms with van der Waals surface area (Å²) in [6, 6.07) is 17.6. The molecule has 0 bridgehead atoms. The number of carbonyl (C=O) groups is 1. The van der Waals surface area contributed by atoms with E-state index in [1.54, 1.807) is 6.20 Å². The molecule has 0 fully saturated rings. The zero-order chi connectivity index (χ0) is 19.3. The van der Waals surface area contributed by atoms with Gasteiger partial charge in [0.25, 0.3) is 0 Å². The molecule has 0 saturated heterocycles. The highest BCUT2D eigenvalue weighted by atomic mass is 32.1. The Labute approximate surface area is 167 Å². The first-order valence-corrected chi connectivity index (χ1v) is 9.81. The molecular formula is C22H19N3O2S. The normalized spacial score (nSPS) is 10.8. The van der Waals surface area contributed by atoms with E-state index in [9.17, 15) is 4.79 Å². The number of benzene rings is 2. The van der Waals surface area contributed by atoms with Crippen molar-refractivity contribution in [3.63, 3.8) is 0 Å². The van der Waals surface area contributed by atoms with Gasteiger partial charge in [-0.3, -0.25) is 9.78 Å². The molecule has 4 rings (SSSR count). The second-order valence-electron chi connectivity index (χ2n) is 6.48. The quantitative estimate of drug-likeness (QED) is 0.516. The van der Waals surface area contributed by atoms with Gasteiger partial charge in [0.05, 0.1) is 29.5 Å². The number of aromatic nitrogens is 2. The molecule has 2 heterocycles. The van der Waals surface area contributed by atoms with E-state index in [2.05, 4.69) is 15.3 Å². The molecule has 6 heteroatoms. The van der Waals surface area contributed by atoms with Crippen LogP contribution in [0.2, 0.25) is 0 Å². The van der Waals surface area contributed by atoms with Crippen LogP contribution in [0.4, 0.5) is 5.69 Å². The first-order chi connectivity index (χ1) is 13.7. The number of pyridine rings is 1. The number of hydrogen-bond acceptors (Lipinski definition) is 5. The number of ether oxygens (including phenoxy) is 1. The third kappa shape index (κ3) is 4.53. The Morgan fingerprint density at radius 2 is 1.96 bits per heavy atom. The molecule has 1 N–H and O–H groups in total. The van der Waals surface area contributed by atoms with E-state index in [0.29, 0.717) is 12.3 Å². The summed E-state index contributed by atoms with van der Waals surface area (Å²) in [6.45, 7) is 2.43. The molecule has 140 valence electrons. The average Bonchev–Trinajstić information content (AvgIpc) is 3.14. The number of hydrogen-bond donors (Lipinski definition) is 1. The second-order valence-corrected chi connectivity index (χ2v) is 7.42. The highest BCUT2D eigenvalue weighted by molar-refractivity contribution is 7.09. The average molecular weight is 389 g/mol. The first kappa shape index (κ1) is 18.1. The summed E-state index contributed by atoms with van der Waals surface area (Å²) in [5, 5.41) is 6.62. The summed E-state index contributed by atoms with van der Waals surface area (Å²) < 4.78 is 5.74. The number of nitrogens with zero attached hydrogens (tertiary/aromatic N) is 2. The molecule has 2 aromatic carbocycles. The molecule has 0 aliphatic carbocycles. The Kier molecular flexibility index (Phi) is 5.30. The summed E-state index contributed by atoms with van der Waals surface area (Å²) in [5.41, 5.74) is 3.51. The largest absolute Gasteiger partial charge is 0.486 e. The lowest BCUT2D eigenvalue weighted by atomic mass is 10.2. The van der Waals surface area contributed by atoms with Gasteiger partial charge in [0.1, 0.15) is 17.4 Å². The topological polar surface area (TPSA) is 64.1 Å². The van der Waals surface area contributed by atoms with E-state index < -0.39 is 0 Å². The van der Waals surface area contributed by atoms with Crippen molar-refractivity contribution in [2.75, 3.05) is 5.32 Å². The molecule has 0 aliphatic rings. The van der Waals surface area contributed by atoms with Crippen LogP contribution in [0.1, 0.15) is 16.3 Å². The molecule has 1 amide bonds. The third-order valence-corrected chi connectivity index (χ3v) is 5.07. The SMILES string of the molecule is Cc1ccc(OCc2nc(CC(=O)Nc3cnc4ccccc4c3)cs2)cc1. The lowest BCUT2D eigenvalue weighted by molar-refractivity contribution is -0.115. The summed E-state index contributed by atoms with van der Waals surface area (Å²) in [5.74, 6) is 0.692. The Morgan fingerprint density at radius 3 is 2.82 bits per heavy atom. The molecular weight excluding hydrogens is 370 g/mol. The Hall–Kier alpha value is -3.25. The second kappa shape index (κ2) is 8.19. The van der Waals surface area contributed by atoms with Crippen molar-refractivity contribution in [2.45, 2.75) is 20.0 Å². The van der Waals surface area contributed by atoms with Crippen molar-refractivity contribution in [1.82, 2.24) is 9.97 Å². The Morgan fingerprint density at radius 1 is 1.14 bits per heavy atom. The number of aryl methyl sites for hydroxylation is 1. The minimum Gasteiger partial charge on any atom is -0.486 e. The van der Waals surface area contributed by atoms with Gasteiger partial charge in [-0.1, -0.05) is 35.9 Å². The number of nitrogens with one attached hydrogen (secondary N) is 1. The summed E-state index contributed by atoms with van der Waals surface area (Å²) in [4.78, 5) is 21.2. The fraction of sp³-hybridized carbons (Fsp3) is 0.136. The molecule has 4 aromatic rings. The number of rotatable bonds is 6. The number of thiazole rings is 1. The Balaban J connectivity index is 1.33. The van der Waals surface area contributed by atoms with Gasteiger partial charge < -0.3 is 10.1 Å². The zero-order valence-corrected chi connectivity index (χ0v) is 16.2. The predicted molar refractivity (Wildman–Crippen MR) is 112 cm³/mol. The molecule has 28 heavy (non-hydrogen) atoms. The van der Waals surface area contributed by atoms with E-state index in [0.717, 1.165) is 27.4 Å². The van der Waals surface area contributed by atoms with E-state index in [-0.39, 0.29) is 12.3 Å². The van der Waals surface area contributed by atoms with Gasteiger partial charge in [-0.2, -0.15) is 0 Å². The van der Waals surface area contributed by atoms with E-state index in [1.807, 2.05) is 66.9 Å². The minimum absolute atomic E-state index is 0.117. The molecule has 2 aromatic heterocycles. The van der Waals surface area contributed by atoms with E-state index in [1.165, 1.54) is 16.9 Å². The standard InChI is InChI=1S/C22H19N3O2S/c1-15-6-8-19(9-7-15)27-13-22-25-18(14-28-22)11-21(26)24-17-10-16-4-2-3-5-20(16)23-12-17/h2-10,12,14H,11,13H2,1H3,(H,24,26). The lowest BCUT2D eigenvalue weighted by Crippen LogP contribution is -2.14. The van der Waals surface area contributed by atoms with Crippen molar-refractivity contribution in [3.05, 3.63) is 82.4 Å². The molecule has 0 spiro atoms. The van der Waals surface area contributed by atoms with Crippen molar-refractivity contribution < 1.29 is 9.53 Å². The molecule has 0 atom stereocenters.